The zero-order valence-electron chi connectivity index (χ0n) is 23.0. The number of aliphatic carboxylic acids is 2. The first-order valence-corrected chi connectivity index (χ1v) is 13.6. The summed E-state index contributed by atoms with van der Waals surface area (Å²) in [6, 6.07) is 0. The van der Waals surface area contributed by atoms with Crippen LogP contribution in [0.1, 0.15) is 105 Å². The molecule has 0 aromatic carbocycles. The molecule has 10 heteroatoms. The van der Waals surface area contributed by atoms with Crippen LogP contribution in [0.5, 0.6) is 0 Å². The number of esters is 1. The monoisotopic (exact) mass is 531 g/mol. The fourth-order valence-electron chi connectivity index (χ4n) is 4.27. The average Bonchev–Trinajstić information content (AvgIpc) is 2.81. The van der Waals surface area contributed by atoms with Crippen LogP contribution in [0.2, 0.25) is 0 Å². The van der Waals surface area contributed by atoms with Gasteiger partial charge in [0, 0.05) is 13.5 Å². The first-order chi connectivity index (χ1) is 17.4. The zero-order chi connectivity index (χ0) is 28.4. The molecule has 0 fully saturated rings. The molecule has 0 radical (unpaired) electrons. The van der Waals surface area contributed by atoms with E-state index >= 15 is 0 Å². The van der Waals surface area contributed by atoms with Gasteiger partial charge in [0.1, 0.15) is 6.10 Å². The van der Waals surface area contributed by atoms with Crippen molar-refractivity contribution in [2.75, 3.05) is 6.54 Å². The summed E-state index contributed by atoms with van der Waals surface area (Å²) < 4.78 is 5.47. The molecule has 0 saturated carbocycles. The van der Waals surface area contributed by atoms with E-state index in [-0.39, 0.29) is 17.7 Å². The quantitative estimate of drug-likeness (QED) is 0.104. The number of hydrogen-bond donors (Lipinski definition) is 5. The number of unbranched alkanes of at least 4 members (excludes halogenated alkanes) is 5. The van der Waals surface area contributed by atoms with E-state index in [9.17, 15) is 29.4 Å². The summed E-state index contributed by atoms with van der Waals surface area (Å²) in [6.45, 7) is 7.54. The highest BCUT2D eigenvalue weighted by Crippen LogP contribution is 2.24. The summed E-state index contributed by atoms with van der Waals surface area (Å²) in [5, 5.41) is 41.2. The molecular weight excluding hydrogens is 482 g/mol. The highest BCUT2D eigenvalue weighted by Gasteiger charge is 2.32. The van der Waals surface area contributed by atoms with Crippen molar-refractivity contribution in [1.29, 1.82) is 0 Å². The van der Waals surface area contributed by atoms with E-state index in [0.717, 1.165) is 44.9 Å². The summed E-state index contributed by atoms with van der Waals surface area (Å²) in [4.78, 5) is 45.3. The van der Waals surface area contributed by atoms with Crippen molar-refractivity contribution < 1.29 is 44.3 Å². The maximum Gasteiger partial charge on any atom is 0.307 e. The lowest BCUT2D eigenvalue weighted by molar-refractivity contribution is -0.164. The topological polar surface area (TPSA) is 170 Å². The maximum atomic E-state index is 12.4. The molecule has 0 rings (SSSR count). The van der Waals surface area contributed by atoms with Crippen molar-refractivity contribution in [3.8, 4) is 0 Å². The summed E-state index contributed by atoms with van der Waals surface area (Å²) in [7, 11) is 0. The molecule has 0 spiro atoms. The van der Waals surface area contributed by atoms with Gasteiger partial charge in [0.05, 0.1) is 31.0 Å². The Balaban J connectivity index is 4.36. The van der Waals surface area contributed by atoms with Crippen molar-refractivity contribution >= 4 is 23.8 Å². The molecule has 0 heterocycles. The van der Waals surface area contributed by atoms with Gasteiger partial charge in [0.25, 0.3) is 0 Å². The van der Waals surface area contributed by atoms with Gasteiger partial charge in [-0.05, 0) is 31.1 Å². The lowest BCUT2D eigenvalue weighted by Gasteiger charge is -2.30. The number of carbonyl (C=O) groups is 4. The predicted molar refractivity (Wildman–Crippen MR) is 139 cm³/mol. The van der Waals surface area contributed by atoms with Crippen molar-refractivity contribution in [1.82, 2.24) is 5.32 Å². The Hall–Kier alpha value is -2.20. The third kappa shape index (κ3) is 17.8. The lowest BCUT2D eigenvalue weighted by atomic mass is 9.89. The van der Waals surface area contributed by atoms with Crippen LogP contribution in [0, 0.1) is 17.8 Å². The van der Waals surface area contributed by atoms with Gasteiger partial charge < -0.3 is 30.5 Å². The molecule has 0 aromatic rings. The van der Waals surface area contributed by atoms with Crippen LogP contribution in [0.15, 0.2) is 0 Å². The van der Waals surface area contributed by atoms with E-state index in [1.165, 1.54) is 6.92 Å². The van der Waals surface area contributed by atoms with E-state index in [4.69, 9.17) is 14.9 Å². The van der Waals surface area contributed by atoms with Gasteiger partial charge in [-0.2, -0.15) is 0 Å². The first kappa shape index (κ1) is 34.8. The summed E-state index contributed by atoms with van der Waals surface area (Å²) in [5.74, 6) is -4.91. The van der Waals surface area contributed by atoms with Gasteiger partial charge in [-0.3, -0.25) is 19.2 Å². The minimum Gasteiger partial charge on any atom is -0.481 e. The molecule has 216 valence electrons. The number of hydrogen-bond acceptors (Lipinski definition) is 7. The number of carboxylic acid groups (broad SMARTS) is 2. The smallest absolute Gasteiger partial charge is 0.307 e. The third-order valence-electron chi connectivity index (χ3n) is 6.75. The average molecular weight is 532 g/mol. The number of carbonyl (C=O) groups excluding carboxylic acids is 2. The third-order valence-corrected chi connectivity index (χ3v) is 6.75. The van der Waals surface area contributed by atoms with Gasteiger partial charge in [-0.25, -0.2) is 0 Å². The Morgan fingerprint density at radius 2 is 1.43 bits per heavy atom. The standard InChI is InChI=1S/C27H49NO9/c1-5-19(3)26(37-25(34)16-21(27(35)36)15-24(32)33)23(31)14-18(2)12-10-8-6-7-9-11-13-22(30)17-28-20(4)29/h18-19,21-23,26,30-31H,5-17H2,1-4H3,(H,28,29)(H,32,33)(H,35,36)/t18-,19+,21+,22+,23-,26+/m0/s1. The van der Waals surface area contributed by atoms with Crippen molar-refractivity contribution in [2.45, 2.75) is 123 Å². The molecule has 0 bridgehead atoms. The maximum absolute atomic E-state index is 12.4. The van der Waals surface area contributed by atoms with E-state index in [1.807, 2.05) is 20.8 Å². The molecule has 10 nitrogen and oxygen atoms in total. The molecule has 6 atom stereocenters. The van der Waals surface area contributed by atoms with Crippen LogP contribution in [0.3, 0.4) is 0 Å². The Morgan fingerprint density at radius 1 is 0.865 bits per heavy atom. The Kier molecular flexibility index (Phi) is 18.7. The highest BCUT2D eigenvalue weighted by molar-refractivity contribution is 5.82. The number of aliphatic hydroxyl groups excluding tert-OH is 2. The first-order valence-electron chi connectivity index (χ1n) is 13.6. The molecule has 0 saturated heterocycles. The minimum atomic E-state index is -1.37. The Morgan fingerprint density at radius 3 is 1.95 bits per heavy atom. The SMILES string of the molecule is CC[C@@H](C)[C@@H](OC(=O)C[C@@H](CC(=O)O)C(=O)O)[C@@H](O)C[C@@H](C)CCCCCCCC[C@@H](O)CNC(C)=O. The van der Waals surface area contributed by atoms with Crippen molar-refractivity contribution in [3.05, 3.63) is 0 Å². The van der Waals surface area contributed by atoms with Crippen LogP contribution < -0.4 is 5.32 Å². The fourth-order valence-corrected chi connectivity index (χ4v) is 4.27. The van der Waals surface area contributed by atoms with E-state index in [2.05, 4.69) is 5.32 Å². The summed E-state index contributed by atoms with van der Waals surface area (Å²) in [5.41, 5.74) is 0. The van der Waals surface area contributed by atoms with E-state index in [0.29, 0.717) is 25.8 Å². The summed E-state index contributed by atoms with van der Waals surface area (Å²) >= 11 is 0. The number of aliphatic hydroxyl groups is 2. The number of ether oxygens (including phenoxy) is 1. The molecule has 1 amide bonds. The molecule has 0 unspecified atom stereocenters. The second kappa shape index (κ2) is 19.9. The second-order valence-corrected chi connectivity index (χ2v) is 10.4. The van der Waals surface area contributed by atoms with Crippen LogP contribution in [-0.2, 0) is 23.9 Å². The fraction of sp³-hybridized carbons (Fsp3) is 0.852. The Labute approximate surface area is 221 Å². The molecular formula is C27H49NO9. The molecule has 0 aromatic heterocycles. The molecule has 37 heavy (non-hydrogen) atoms. The van der Waals surface area contributed by atoms with Gasteiger partial charge in [-0.15, -0.1) is 0 Å². The predicted octanol–water partition coefficient (Wildman–Crippen LogP) is 3.51. The van der Waals surface area contributed by atoms with Crippen molar-refractivity contribution in [3.63, 3.8) is 0 Å². The van der Waals surface area contributed by atoms with Gasteiger partial charge in [0.15, 0.2) is 0 Å². The lowest BCUT2D eigenvalue weighted by Crippen LogP contribution is -2.38. The highest BCUT2D eigenvalue weighted by atomic mass is 16.6. The van der Waals surface area contributed by atoms with Gasteiger partial charge in [-0.1, -0.05) is 65.7 Å². The molecule has 0 aliphatic carbocycles. The van der Waals surface area contributed by atoms with Crippen LogP contribution in [0.4, 0.5) is 0 Å². The van der Waals surface area contributed by atoms with Crippen molar-refractivity contribution in [2.24, 2.45) is 17.8 Å². The molecule has 0 aliphatic heterocycles. The van der Waals surface area contributed by atoms with Crippen LogP contribution in [0.25, 0.3) is 0 Å². The summed E-state index contributed by atoms with van der Waals surface area (Å²) in [6.07, 6.45) is 5.52. The number of carboxylic acids is 2. The molecule has 0 aliphatic rings. The second-order valence-electron chi connectivity index (χ2n) is 10.4. The molecule has 5 N–H and O–H groups in total. The van der Waals surface area contributed by atoms with E-state index < -0.39 is 55.0 Å². The zero-order valence-corrected chi connectivity index (χ0v) is 23.0. The Bertz CT molecular complexity index is 685. The number of amides is 1. The largest absolute Gasteiger partial charge is 0.481 e. The number of rotatable bonds is 22. The van der Waals surface area contributed by atoms with Gasteiger partial charge >= 0.3 is 17.9 Å². The number of nitrogens with one attached hydrogen (secondary N) is 1. The minimum absolute atomic E-state index is 0.134. The van der Waals surface area contributed by atoms with Crippen LogP contribution in [-0.4, -0.2) is 69.1 Å². The van der Waals surface area contributed by atoms with Gasteiger partial charge in [0.2, 0.25) is 5.91 Å². The van der Waals surface area contributed by atoms with E-state index in [1.54, 1.807) is 0 Å². The normalized spacial score (nSPS) is 16.2. The van der Waals surface area contributed by atoms with Crippen LogP contribution >= 0.6 is 0 Å².